The number of esters is 1. The van der Waals surface area contributed by atoms with E-state index in [2.05, 4.69) is 27.2 Å². The van der Waals surface area contributed by atoms with Crippen LogP contribution >= 0.6 is 0 Å². The van der Waals surface area contributed by atoms with Crippen LogP contribution in [-0.4, -0.2) is 38.2 Å². The Morgan fingerprint density at radius 3 is 2.28 bits per heavy atom. The first-order chi connectivity index (χ1) is 18.6. The predicted octanol–water partition coefficient (Wildman–Crippen LogP) is 5.88. The highest BCUT2D eigenvalue weighted by Gasteiger charge is 2.32. The van der Waals surface area contributed by atoms with E-state index in [1.54, 1.807) is 27.7 Å². The summed E-state index contributed by atoms with van der Waals surface area (Å²) in [4.78, 5) is 23.8. The first-order valence-electron chi connectivity index (χ1n) is 13.0. The number of hydrogen-bond donors (Lipinski definition) is 0. The van der Waals surface area contributed by atoms with Crippen molar-refractivity contribution in [2.45, 2.75) is 73.7 Å². The molecule has 9 nitrogen and oxygen atoms in total. The molecular formula is C30H36N4O5. The summed E-state index contributed by atoms with van der Waals surface area (Å²) in [6, 6.07) is 14.0. The molecule has 0 fully saturated rings. The second-order valence-electron chi connectivity index (χ2n) is 10.2. The molecular weight excluding hydrogens is 496 g/mol. The molecule has 0 atom stereocenters. The maximum Gasteiger partial charge on any atom is 0.349 e. The Labute approximate surface area is 229 Å². The monoisotopic (exact) mass is 532 g/mol. The lowest BCUT2D eigenvalue weighted by Crippen LogP contribution is -2.40. The highest BCUT2D eigenvalue weighted by molar-refractivity contribution is 5.79. The fraction of sp³-hybridized carbons (Fsp3) is 0.400. The minimum Gasteiger partial charge on any atom is -0.476 e. The molecule has 0 aliphatic carbocycles. The Kier molecular flexibility index (Phi) is 8.50. The number of rotatable bonds is 11. The smallest absolute Gasteiger partial charge is 0.349 e. The van der Waals surface area contributed by atoms with E-state index in [1.807, 2.05) is 51.1 Å². The molecule has 0 radical (unpaired) electrons. The molecule has 0 aliphatic heterocycles. The van der Waals surface area contributed by atoms with Crippen LogP contribution in [0.2, 0.25) is 0 Å². The normalized spacial score (nSPS) is 11.7. The van der Waals surface area contributed by atoms with Crippen LogP contribution in [0.5, 0.6) is 5.75 Å². The number of nitrogens with zero attached hydrogens (tertiary/aromatic N) is 4. The van der Waals surface area contributed by atoms with Crippen LogP contribution in [0.1, 0.15) is 60.6 Å². The summed E-state index contributed by atoms with van der Waals surface area (Å²) in [7, 11) is 0. The standard InChI is InChI=1S/C30H36N4O5/c1-8-36-29(35)30(6,7)38-27-19(2)14-23(15-20(27)3)16-34(18-26-31-22(5)33-39-26)17-25-21(4)37-28(32-25)24-12-10-9-11-13-24/h9-15H,8,16-18H2,1-7H3. The molecule has 2 heterocycles. The van der Waals surface area contributed by atoms with Crippen LogP contribution in [0.3, 0.4) is 0 Å². The third-order valence-electron chi connectivity index (χ3n) is 6.27. The van der Waals surface area contributed by atoms with Gasteiger partial charge in [-0.25, -0.2) is 9.78 Å². The first-order valence-corrected chi connectivity index (χ1v) is 13.0. The van der Waals surface area contributed by atoms with E-state index in [9.17, 15) is 4.79 Å². The summed E-state index contributed by atoms with van der Waals surface area (Å²) in [5, 5.41) is 3.95. The number of aryl methyl sites for hydroxylation is 4. The molecule has 0 aliphatic rings. The number of oxazole rings is 1. The Morgan fingerprint density at radius 1 is 0.974 bits per heavy atom. The molecule has 0 bridgehead atoms. The van der Waals surface area contributed by atoms with Gasteiger partial charge in [-0.1, -0.05) is 35.5 Å². The number of aromatic nitrogens is 3. The van der Waals surface area contributed by atoms with Crippen LogP contribution in [0.15, 0.2) is 51.4 Å². The lowest BCUT2D eigenvalue weighted by atomic mass is 10.0. The van der Waals surface area contributed by atoms with Crippen molar-refractivity contribution < 1.29 is 23.2 Å². The van der Waals surface area contributed by atoms with Crippen LogP contribution in [0.25, 0.3) is 11.5 Å². The molecule has 2 aromatic carbocycles. The molecule has 2 aromatic heterocycles. The van der Waals surface area contributed by atoms with E-state index in [4.69, 9.17) is 23.4 Å². The number of carbonyl (C=O) groups excluding carboxylic acids is 1. The maximum absolute atomic E-state index is 12.4. The number of hydrogen-bond acceptors (Lipinski definition) is 9. The lowest BCUT2D eigenvalue weighted by molar-refractivity contribution is -0.158. The van der Waals surface area contributed by atoms with Crippen molar-refractivity contribution in [1.29, 1.82) is 0 Å². The molecule has 0 amide bonds. The van der Waals surface area contributed by atoms with Crippen LogP contribution in [0.4, 0.5) is 0 Å². The van der Waals surface area contributed by atoms with E-state index in [-0.39, 0.29) is 0 Å². The molecule has 0 N–H and O–H groups in total. The molecule has 9 heteroatoms. The van der Waals surface area contributed by atoms with E-state index in [0.29, 0.717) is 49.6 Å². The summed E-state index contributed by atoms with van der Waals surface area (Å²) in [6.45, 7) is 14.8. The second-order valence-corrected chi connectivity index (χ2v) is 10.2. The predicted molar refractivity (Wildman–Crippen MR) is 146 cm³/mol. The van der Waals surface area contributed by atoms with Gasteiger partial charge in [0.25, 0.3) is 0 Å². The van der Waals surface area contributed by atoms with Gasteiger partial charge in [0.1, 0.15) is 11.5 Å². The molecule has 0 spiro atoms. The third kappa shape index (κ3) is 6.92. The molecule has 39 heavy (non-hydrogen) atoms. The van der Waals surface area contributed by atoms with E-state index in [0.717, 1.165) is 33.7 Å². The van der Waals surface area contributed by atoms with E-state index < -0.39 is 11.6 Å². The van der Waals surface area contributed by atoms with Crippen LogP contribution in [-0.2, 0) is 29.2 Å². The summed E-state index contributed by atoms with van der Waals surface area (Å²) in [6.07, 6.45) is 0. The average molecular weight is 533 g/mol. The largest absolute Gasteiger partial charge is 0.476 e. The van der Waals surface area contributed by atoms with Gasteiger partial charge in [0.15, 0.2) is 11.4 Å². The molecule has 4 aromatic rings. The summed E-state index contributed by atoms with van der Waals surface area (Å²) in [5.41, 5.74) is 3.61. The Bertz CT molecular complexity index is 1400. The minimum atomic E-state index is -1.10. The first kappa shape index (κ1) is 28.0. The van der Waals surface area contributed by atoms with Gasteiger partial charge in [0.05, 0.1) is 18.8 Å². The number of ether oxygens (including phenoxy) is 2. The van der Waals surface area contributed by atoms with Crippen molar-refractivity contribution in [3.05, 3.63) is 82.3 Å². The minimum absolute atomic E-state index is 0.301. The third-order valence-corrected chi connectivity index (χ3v) is 6.27. The Hall–Kier alpha value is -3.98. The van der Waals surface area contributed by atoms with Crippen molar-refractivity contribution >= 4 is 5.97 Å². The fourth-order valence-corrected chi connectivity index (χ4v) is 4.41. The maximum atomic E-state index is 12.4. The second kappa shape index (κ2) is 11.8. The summed E-state index contributed by atoms with van der Waals surface area (Å²) in [5.74, 6) is 2.75. The van der Waals surface area contributed by atoms with Gasteiger partial charge >= 0.3 is 5.97 Å². The Balaban J connectivity index is 1.58. The van der Waals surface area contributed by atoms with E-state index in [1.165, 1.54) is 0 Å². The van der Waals surface area contributed by atoms with Crippen LogP contribution < -0.4 is 4.74 Å². The zero-order chi connectivity index (χ0) is 28.2. The molecule has 0 saturated heterocycles. The molecule has 0 unspecified atom stereocenters. The lowest BCUT2D eigenvalue weighted by Gasteiger charge is -2.27. The number of benzene rings is 2. The van der Waals surface area contributed by atoms with Gasteiger partial charge in [-0.15, -0.1) is 0 Å². The zero-order valence-corrected chi connectivity index (χ0v) is 23.7. The molecule has 4 rings (SSSR count). The van der Waals surface area contributed by atoms with Crippen molar-refractivity contribution in [1.82, 2.24) is 20.0 Å². The van der Waals surface area contributed by atoms with Gasteiger partial charge < -0.3 is 18.4 Å². The summed E-state index contributed by atoms with van der Waals surface area (Å²) >= 11 is 0. The topological polar surface area (TPSA) is 104 Å². The molecule has 0 saturated carbocycles. The average Bonchev–Trinajstić information content (AvgIpc) is 3.46. The van der Waals surface area contributed by atoms with Crippen molar-refractivity contribution in [2.75, 3.05) is 6.61 Å². The van der Waals surface area contributed by atoms with Crippen molar-refractivity contribution in [2.24, 2.45) is 0 Å². The Morgan fingerprint density at radius 2 is 1.67 bits per heavy atom. The van der Waals surface area contributed by atoms with Gasteiger partial charge in [0, 0.05) is 18.7 Å². The van der Waals surface area contributed by atoms with Gasteiger partial charge in [-0.2, -0.15) is 4.98 Å². The van der Waals surface area contributed by atoms with Gasteiger partial charge in [0.2, 0.25) is 11.8 Å². The highest BCUT2D eigenvalue weighted by atomic mass is 16.6. The van der Waals surface area contributed by atoms with Crippen molar-refractivity contribution in [3.8, 4) is 17.2 Å². The number of carbonyl (C=O) groups is 1. The van der Waals surface area contributed by atoms with E-state index >= 15 is 0 Å². The fourth-order valence-electron chi connectivity index (χ4n) is 4.41. The van der Waals surface area contributed by atoms with Gasteiger partial charge in [-0.05, 0) is 77.3 Å². The summed E-state index contributed by atoms with van der Waals surface area (Å²) < 4.78 is 22.8. The van der Waals surface area contributed by atoms with Crippen molar-refractivity contribution in [3.63, 3.8) is 0 Å². The highest BCUT2D eigenvalue weighted by Crippen LogP contribution is 2.30. The molecule has 206 valence electrons. The quantitative estimate of drug-likeness (QED) is 0.219. The van der Waals surface area contributed by atoms with Crippen LogP contribution in [0, 0.1) is 27.7 Å². The zero-order valence-electron chi connectivity index (χ0n) is 23.7. The van der Waals surface area contributed by atoms with Gasteiger partial charge in [-0.3, -0.25) is 4.90 Å². The SMILES string of the molecule is CCOC(=O)C(C)(C)Oc1c(C)cc(CN(Cc2nc(C)no2)Cc2nc(-c3ccccc3)oc2C)cc1C.